The van der Waals surface area contributed by atoms with Gasteiger partial charge in [0.15, 0.2) is 5.78 Å². The molecule has 0 amide bonds. The topological polar surface area (TPSA) is 37.3 Å². The van der Waals surface area contributed by atoms with Crippen LogP contribution in [0.3, 0.4) is 0 Å². The average molecular weight is 316 g/mol. The minimum Gasteiger partial charge on any atom is -0.393 e. The number of fused-ring (bicyclic) bond motifs is 5. The van der Waals surface area contributed by atoms with E-state index in [0.717, 1.165) is 37.0 Å². The maximum atomic E-state index is 11.8. The van der Waals surface area contributed by atoms with Crippen molar-refractivity contribution < 1.29 is 9.90 Å². The third kappa shape index (κ3) is 2.27. The molecule has 1 N–H and O–H groups in total. The second-order valence-electron chi connectivity index (χ2n) is 9.33. The maximum absolute atomic E-state index is 11.8. The third-order valence-electron chi connectivity index (χ3n) is 8.30. The number of rotatable bonds is 1. The summed E-state index contributed by atoms with van der Waals surface area (Å²) in [7, 11) is 0. The molecule has 0 aliphatic heterocycles. The highest BCUT2D eigenvalue weighted by Crippen LogP contribution is 2.65. The van der Waals surface area contributed by atoms with E-state index in [4.69, 9.17) is 0 Å². The second-order valence-corrected chi connectivity index (χ2v) is 9.33. The predicted molar refractivity (Wildman–Crippen MR) is 91.8 cm³/mol. The fourth-order valence-corrected chi connectivity index (χ4v) is 7.42. The first kappa shape index (κ1) is 15.9. The number of allylic oxidation sites excluding steroid dienone is 1. The van der Waals surface area contributed by atoms with Gasteiger partial charge in [0.1, 0.15) is 0 Å². The van der Waals surface area contributed by atoms with Crippen molar-refractivity contribution in [3.8, 4) is 0 Å². The van der Waals surface area contributed by atoms with E-state index >= 15 is 0 Å². The van der Waals surface area contributed by atoms with E-state index in [9.17, 15) is 9.90 Å². The van der Waals surface area contributed by atoms with Crippen LogP contribution in [-0.4, -0.2) is 17.0 Å². The fraction of sp³-hybridized carbons (Fsp3) is 0.857. The Kier molecular flexibility index (Phi) is 3.75. The molecule has 3 saturated carbocycles. The molecule has 2 heteroatoms. The van der Waals surface area contributed by atoms with Crippen molar-refractivity contribution >= 4 is 5.78 Å². The Morgan fingerprint density at radius 1 is 1.26 bits per heavy atom. The van der Waals surface area contributed by atoms with E-state index in [-0.39, 0.29) is 6.10 Å². The van der Waals surface area contributed by atoms with Crippen molar-refractivity contribution in [1.82, 2.24) is 0 Å². The van der Waals surface area contributed by atoms with Gasteiger partial charge in [0.2, 0.25) is 0 Å². The van der Waals surface area contributed by atoms with E-state index in [2.05, 4.69) is 13.8 Å². The van der Waals surface area contributed by atoms with Crippen LogP contribution in [0.15, 0.2) is 11.6 Å². The van der Waals surface area contributed by atoms with Crippen LogP contribution in [0.2, 0.25) is 0 Å². The highest BCUT2D eigenvalue weighted by molar-refractivity contribution is 5.91. The molecule has 2 nitrogen and oxygen atoms in total. The Bertz CT molecular complexity index is 534. The molecule has 0 unspecified atom stereocenters. The first-order chi connectivity index (χ1) is 10.9. The van der Waals surface area contributed by atoms with Crippen LogP contribution in [-0.2, 0) is 4.79 Å². The molecule has 0 aromatic heterocycles. The Hall–Kier alpha value is -0.630. The molecule has 0 radical (unpaired) electrons. The van der Waals surface area contributed by atoms with Gasteiger partial charge < -0.3 is 5.11 Å². The zero-order valence-corrected chi connectivity index (χ0v) is 14.9. The van der Waals surface area contributed by atoms with Crippen molar-refractivity contribution in [2.75, 3.05) is 0 Å². The molecular formula is C21H32O2. The zero-order chi connectivity index (χ0) is 16.4. The number of carbonyl (C=O) groups excluding carboxylic acids is 1. The summed E-state index contributed by atoms with van der Waals surface area (Å²) >= 11 is 0. The van der Waals surface area contributed by atoms with E-state index in [1.165, 1.54) is 31.3 Å². The minimum absolute atomic E-state index is 0.164. The number of aliphatic hydroxyl groups excluding tert-OH is 1. The quantitative estimate of drug-likeness (QED) is 0.780. The Labute approximate surface area is 140 Å². The van der Waals surface area contributed by atoms with Crippen LogP contribution >= 0.6 is 0 Å². The van der Waals surface area contributed by atoms with Gasteiger partial charge in [-0.25, -0.2) is 0 Å². The molecule has 0 heterocycles. The average Bonchev–Trinajstić information content (AvgIpc) is 2.84. The van der Waals surface area contributed by atoms with Gasteiger partial charge in [-0.1, -0.05) is 19.4 Å². The van der Waals surface area contributed by atoms with E-state index in [0.29, 0.717) is 29.0 Å². The number of hydrogen-bond acceptors (Lipinski definition) is 2. The normalized spacial score (nSPS) is 50.6. The molecule has 4 aliphatic rings. The van der Waals surface area contributed by atoms with Crippen molar-refractivity contribution in [3.05, 3.63) is 11.6 Å². The Balaban J connectivity index is 1.65. The second kappa shape index (κ2) is 5.44. The lowest BCUT2D eigenvalue weighted by Crippen LogP contribution is -2.50. The summed E-state index contributed by atoms with van der Waals surface area (Å²) in [6.45, 7) is 6.90. The van der Waals surface area contributed by atoms with Crippen LogP contribution in [0.25, 0.3) is 0 Å². The lowest BCUT2D eigenvalue weighted by Gasteiger charge is -2.56. The lowest BCUT2D eigenvalue weighted by molar-refractivity contribution is -0.116. The Morgan fingerprint density at radius 2 is 2.04 bits per heavy atom. The molecule has 0 aromatic rings. The van der Waals surface area contributed by atoms with Gasteiger partial charge in [-0.3, -0.25) is 4.79 Å². The minimum atomic E-state index is -0.164. The molecule has 4 rings (SSSR count). The van der Waals surface area contributed by atoms with E-state index < -0.39 is 0 Å². The van der Waals surface area contributed by atoms with Crippen LogP contribution in [0.4, 0.5) is 0 Å². The summed E-state index contributed by atoms with van der Waals surface area (Å²) in [4.78, 5) is 11.8. The molecule has 0 aromatic carbocycles. The van der Waals surface area contributed by atoms with Gasteiger partial charge in [0, 0.05) is 6.42 Å². The van der Waals surface area contributed by atoms with Gasteiger partial charge in [-0.15, -0.1) is 0 Å². The van der Waals surface area contributed by atoms with Crippen LogP contribution in [0.1, 0.15) is 65.7 Å². The van der Waals surface area contributed by atoms with E-state index in [1.54, 1.807) is 0 Å². The van der Waals surface area contributed by atoms with Gasteiger partial charge in [0.25, 0.3) is 0 Å². The standard InChI is InChI=1S/C21H32O2/c1-12-10-14-11-15(23)4-5-16(14)17-8-9-21(3)18(13(2)22)6-7-19(21)20(12)17/h11-13,16-20,22H,4-10H2,1-3H3/t12-,13+,16+,17-,18+,19-,20-,21-/m1/s1. The molecule has 128 valence electrons. The molecule has 0 bridgehead atoms. The Morgan fingerprint density at radius 3 is 2.78 bits per heavy atom. The third-order valence-corrected chi connectivity index (χ3v) is 8.30. The summed E-state index contributed by atoms with van der Waals surface area (Å²) in [6, 6.07) is 0. The summed E-state index contributed by atoms with van der Waals surface area (Å²) in [5.41, 5.74) is 1.82. The molecule has 3 fully saturated rings. The first-order valence-electron chi connectivity index (χ1n) is 9.83. The number of hydrogen-bond donors (Lipinski definition) is 1. The van der Waals surface area contributed by atoms with Crippen LogP contribution < -0.4 is 0 Å². The molecule has 4 aliphatic carbocycles. The molecular weight excluding hydrogens is 284 g/mol. The molecule has 0 spiro atoms. The largest absolute Gasteiger partial charge is 0.393 e. The highest BCUT2D eigenvalue weighted by atomic mass is 16.3. The number of ketones is 1. The monoisotopic (exact) mass is 316 g/mol. The van der Waals surface area contributed by atoms with Crippen LogP contribution in [0, 0.1) is 40.9 Å². The SMILES string of the molecule is C[C@H](O)[C@@H]1CC[C@@H]2[C@H]3[C@H](CC[C@@]21C)[C@H]1CCC(=O)C=C1C[C@H]3C. The molecule has 0 saturated heterocycles. The summed E-state index contributed by atoms with van der Waals surface area (Å²) < 4.78 is 0. The van der Waals surface area contributed by atoms with Gasteiger partial charge in [0.05, 0.1) is 6.10 Å². The summed E-state index contributed by atoms with van der Waals surface area (Å²) in [5, 5.41) is 10.3. The number of carbonyl (C=O) groups is 1. The maximum Gasteiger partial charge on any atom is 0.155 e. The number of aliphatic hydroxyl groups is 1. The zero-order valence-electron chi connectivity index (χ0n) is 14.9. The summed E-state index contributed by atoms with van der Waals surface area (Å²) in [5.74, 6) is 4.63. The highest BCUT2D eigenvalue weighted by Gasteiger charge is 2.58. The lowest BCUT2D eigenvalue weighted by atomic mass is 9.48. The van der Waals surface area contributed by atoms with Gasteiger partial charge in [-0.2, -0.15) is 0 Å². The van der Waals surface area contributed by atoms with Crippen molar-refractivity contribution in [2.45, 2.75) is 71.8 Å². The molecule has 23 heavy (non-hydrogen) atoms. The fourth-order valence-electron chi connectivity index (χ4n) is 7.42. The van der Waals surface area contributed by atoms with Crippen molar-refractivity contribution in [2.24, 2.45) is 40.9 Å². The van der Waals surface area contributed by atoms with Gasteiger partial charge >= 0.3 is 0 Å². The molecule has 8 atom stereocenters. The van der Waals surface area contributed by atoms with E-state index in [1.807, 2.05) is 13.0 Å². The summed E-state index contributed by atoms with van der Waals surface area (Å²) in [6.07, 6.45) is 9.95. The predicted octanol–water partition coefficient (Wildman–Crippen LogP) is 4.37. The van der Waals surface area contributed by atoms with Crippen molar-refractivity contribution in [3.63, 3.8) is 0 Å². The smallest absolute Gasteiger partial charge is 0.155 e. The van der Waals surface area contributed by atoms with Crippen molar-refractivity contribution in [1.29, 1.82) is 0 Å². The van der Waals surface area contributed by atoms with Gasteiger partial charge in [-0.05, 0) is 92.4 Å². The first-order valence-corrected chi connectivity index (χ1v) is 9.83. The van der Waals surface area contributed by atoms with Crippen LogP contribution in [0.5, 0.6) is 0 Å².